The van der Waals surface area contributed by atoms with Gasteiger partial charge in [0, 0.05) is 4.47 Å². The van der Waals surface area contributed by atoms with Crippen molar-refractivity contribution < 1.29 is 4.39 Å². The molecule has 0 saturated heterocycles. The number of halogens is 3. The first-order chi connectivity index (χ1) is 10.0. The fourth-order valence-electron chi connectivity index (χ4n) is 3.25. The summed E-state index contributed by atoms with van der Waals surface area (Å²) in [6.45, 7) is 6.40. The van der Waals surface area contributed by atoms with Crippen LogP contribution in [0.15, 0.2) is 16.6 Å². The van der Waals surface area contributed by atoms with Gasteiger partial charge in [-0.05, 0) is 71.2 Å². The second kappa shape index (κ2) is 7.94. The molecule has 2 unspecified atom stereocenters. The summed E-state index contributed by atoms with van der Waals surface area (Å²) in [5.41, 5.74) is 0.791. The van der Waals surface area contributed by atoms with Gasteiger partial charge in [0.2, 0.25) is 0 Å². The third-order valence-electron chi connectivity index (χ3n) is 4.33. The lowest BCUT2D eigenvalue weighted by Crippen LogP contribution is -2.32. The standard InChI is InChI=1S/C17H24BrClFN/c1-11(2)9-21-10-12-5-3-4-6-13(12)14-7-8-15(18)16(19)17(14)20/h7-8,11-13,21H,3-6,9-10H2,1-2H3. The largest absolute Gasteiger partial charge is 0.316 e. The highest BCUT2D eigenvalue weighted by atomic mass is 79.9. The Kier molecular flexibility index (Phi) is 6.51. The zero-order valence-electron chi connectivity index (χ0n) is 12.8. The minimum Gasteiger partial charge on any atom is -0.316 e. The molecule has 1 N–H and O–H groups in total. The van der Waals surface area contributed by atoms with Gasteiger partial charge in [-0.15, -0.1) is 0 Å². The van der Waals surface area contributed by atoms with Crippen molar-refractivity contribution >= 4 is 27.5 Å². The summed E-state index contributed by atoms with van der Waals surface area (Å²) in [4.78, 5) is 0. The molecule has 1 aliphatic rings. The van der Waals surface area contributed by atoms with E-state index in [0.717, 1.165) is 25.1 Å². The van der Waals surface area contributed by atoms with E-state index >= 15 is 0 Å². The van der Waals surface area contributed by atoms with E-state index in [2.05, 4.69) is 35.1 Å². The first-order valence-electron chi connectivity index (χ1n) is 7.84. The van der Waals surface area contributed by atoms with Crippen LogP contribution in [0.25, 0.3) is 0 Å². The molecule has 1 nitrogen and oxygen atoms in total. The zero-order chi connectivity index (χ0) is 15.4. The first-order valence-corrected chi connectivity index (χ1v) is 9.02. The van der Waals surface area contributed by atoms with Crippen molar-refractivity contribution in [2.75, 3.05) is 13.1 Å². The summed E-state index contributed by atoms with van der Waals surface area (Å²) in [6.07, 6.45) is 4.65. The predicted molar refractivity (Wildman–Crippen MR) is 91.5 cm³/mol. The Morgan fingerprint density at radius 2 is 2.05 bits per heavy atom. The molecule has 21 heavy (non-hydrogen) atoms. The number of hydrogen-bond donors (Lipinski definition) is 1. The van der Waals surface area contributed by atoms with Gasteiger partial charge >= 0.3 is 0 Å². The maximum atomic E-state index is 14.5. The van der Waals surface area contributed by atoms with Crippen molar-refractivity contribution in [2.24, 2.45) is 11.8 Å². The van der Waals surface area contributed by atoms with Crippen molar-refractivity contribution in [1.29, 1.82) is 0 Å². The molecule has 118 valence electrons. The maximum Gasteiger partial charge on any atom is 0.146 e. The minimum absolute atomic E-state index is 0.215. The SMILES string of the molecule is CC(C)CNCC1CCCCC1c1ccc(Br)c(Cl)c1F. The Morgan fingerprint density at radius 3 is 2.76 bits per heavy atom. The molecular weight excluding hydrogens is 353 g/mol. The molecule has 0 amide bonds. The minimum atomic E-state index is -0.244. The normalized spacial score (nSPS) is 22.8. The van der Waals surface area contributed by atoms with E-state index in [9.17, 15) is 4.39 Å². The quantitative estimate of drug-likeness (QED) is 0.644. The molecule has 2 rings (SSSR count). The molecular formula is C17H24BrClFN. The molecule has 0 radical (unpaired) electrons. The molecule has 0 heterocycles. The van der Waals surface area contributed by atoms with E-state index in [-0.39, 0.29) is 16.8 Å². The van der Waals surface area contributed by atoms with Crippen LogP contribution in [-0.4, -0.2) is 13.1 Å². The van der Waals surface area contributed by atoms with E-state index in [4.69, 9.17) is 11.6 Å². The Hall–Kier alpha value is -0.120. The molecule has 2 atom stereocenters. The average Bonchev–Trinajstić information content (AvgIpc) is 2.46. The molecule has 1 saturated carbocycles. The Morgan fingerprint density at radius 1 is 1.33 bits per heavy atom. The van der Waals surface area contributed by atoms with E-state index < -0.39 is 0 Å². The van der Waals surface area contributed by atoms with Crippen LogP contribution >= 0.6 is 27.5 Å². The average molecular weight is 377 g/mol. The van der Waals surface area contributed by atoms with Crippen molar-refractivity contribution in [2.45, 2.75) is 45.4 Å². The van der Waals surface area contributed by atoms with Gasteiger partial charge in [-0.2, -0.15) is 0 Å². The number of benzene rings is 1. The lowest BCUT2D eigenvalue weighted by atomic mass is 9.75. The van der Waals surface area contributed by atoms with Gasteiger partial charge in [0.05, 0.1) is 5.02 Å². The van der Waals surface area contributed by atoms with E-state index in [1.54, 1.807) is 0 Å². The molecule has 0 spiro atoms. The topological polar surface area (TPSA) is 12.0 Å². The molecule has 0 bridgehead atoms. The molecule has 0 aromatic heterocycles. The number of rotatable bonds is 5. The summed E-state index contributed by atoms with van der Waals surface area (Å²) in [5, 5.41) is 3.75. The van der Waals surface area contributed by atoms with Crippen LogP contribution in [-0.2, 0) is 0 Å². The van der Waals surface area contributed by atoms with Gasteiger partial charge < -0.3 is 5.32 Å². The van der Waals surface area contributed by atoms with Crippen LogP contribution in [0.5, 0.6) is 0 Å². The third kappa shape index (κ3) is 4.43. The van der Waals surface area contributed by atoms with E-state index in [0.29, 0.717) is 16.3 Å². The van der Waals surface area contributed by atoms with Crippen LogP contribution in [0.3, 0.4) is 0 Å². The lowest BCUT2D eigenvalue weighted by Gasteiger charge is -2.33. The van der Waals surface area contributed by atoms with Crippen LogP contribution in [0.4, 0.5) is 4.39 Å². The monoisotopic (exact) mass is 375 g/mol. The van der Waals surface area contributed by atoms with Crippen LogP contribution in [0.2, 0.25) is 5.02 Å². The van der Waals surface area contributed by atoms with Crippen molar-refractivity contribution in [3.05, 3.63) is 33.0 Å². The Labute approximate surface area is 140 Å². The Bertz CT molecular complexity index is 478. The van der Waals surface area contributed by atoms with Crippen molar-refractivity contribution in [3.8, 4) is 0 Å². The van der Waals surface area contributed by atoms with Crippen LogP contribution in [0.1, 0.15) is 51.0 Å². The van der Waals surface area contributed by atoms with Crippen molar-refractivity contribution in [3.63, 3.8) is 0 Å². The zero-order valence-corrected chi connectivity index (χ0v) is 15.1. The van der Waals surface area contributed by atoms with Crippen LogP contribution in [0, 0.1) is 17.7 Å². The predicted octanol–water partition coefficient (Wildman–Crippen LogP) is 5.76. The van der Waals surface area contributed by atoms with Gasteiger partial charge in [-0.25, -0.2) is 4.39 Å². The molecule has 1 fully saturated rings. The van der Waals surface area contributed by atoms with Crippen molar-refractivity contribution in [1.82, 2.24) is 5.32 Å². The highest BCUT2D eigenvalue weighted by Gasteiger charge is 2.29. The molecule has 1 aliphatic carbocycles. The smallest absolute Gasteiger partial charge is 0.146 e. The van der Waals surface area contributed by atoms with E-state index in [1.165, 1.54) is 19.3 Å². The highest BCUT2D eigenvalue weighted by molar-refractivity contribution is 9.10. The second-order valence-electron chi connectivity index (χ2n) is 6.47. The first kappa shape index (κ1) is 17.2. The Balaban J connectivity index is 2.13. The van der Waals surface area contributed by atoms with Gasteiger partial charge in [0.15, 0.2) is 0 Å². The third-order valence-corrected chi connectivity index (χ3v) is 5.59. The molecule has 1 aromatic rings. The van der Waals surface area contributed by atoms with E-state index in [1.807, 2.05) is 12.1 Å². The maximum absolute atomic E-state index is 14.5. The molecule has 1 aromatic carbocycles. The van der Waals surface area contributed by atoms with Gasteiger partial charge in [-0.1, -0.05) is 44.4 Å². The lowest BCUT2D eigenvalue weighted by molar-refractivity contribution is 0.287. The summed E-state index contributed by atoms with van der Waals surface area (Å²) in [7, 11) is 0. The van der Waals surface area contributed by atoms with Crippen LogP contribution < -0.4 is 5.32 Å². The number of nitrogens with one attached hydrogen (secondary N) is 1. The second-order valence-corrected chi connectivity index (χ2v) is 7.70. The fraction of sp³-hybridized carbons (Fsp3) is 0.647. The highest BCUT2D eigenvalue weighted by Crippen LogP contribution is 2.41. The fourth-order valence-corrected chi connectivity index (χ4v) is 3.72. The summed E-state index contributed by atoms with van der Waals surface area (Å²) < 4.78 is 15.1. The van der Waals surface area contributed by atoms with Gasteiger partial charge in [-0.3, -0.25) is 0 Å². The number of hydrogen-bond acceptors (Lipinski definition) is 1. The van der Waals surface area contributed by atoms with Gasteiger partial charge in [0.1, 0.15) is 5.82 Å². The summed E-state index contributed by atoms with van der Waals surface area (Å²) >= 11 is 9.35. The summed E-state index contributed by atoms with van der Waals surface area (Å²) in [6, 6.07) is 3.77. The summed E-state index contributed by atoms with van der Waals surface area (Å²) in [5.74, 6) is 1.19. The van der Waals surface area contributed by atoms with Gasteiger partial charge in [0.25, 0.3) is 0 Å². The molecule has 4 heteroatoms. The molecule has 0 aliphatic heterocycles.